The lowest BCUT2D eigenvalue weighted by Gasteiger charge is -2.09. The van der Waals surface area contributed by atoms with Gasteiger partial charge in [0.05, 0.1) is 12.3 Å². The topological polar surface area (TPSA) is 107 Å². The minimum Gasteiger partial charge on any atom is -0.454 e. The highest BCUT2D eigenvalue weighted by molar-refractivity contribution is 5.76. The van der Waals surface area contributed by atoms with Crippen molar-refractivity contribution < 1.29 is 23.8 Å². The fraction of sp³-hybridized carbons (Fsp3) is 0.174. The number of hydrogen-bond acceptors (Lipinski definition) is 6. The standard InChI is InChI=1S/C23H19FN4O5/c24-16-4-2-15(3-5-16)21-17(12-29)22-23(31)27(7-8-28(22)26-21)11-20(30)25-10-14-1-6-18-19(9-14)33-13-32-18/h1-9,29H,10-13H2,(H,25,30). The van der Waals surface area contributed by atoms with Crippen LogP contribution >= 0.6 is 0 Å². The van der Waals surface area contributed by atoms with Gasteiger partial charge in [0.1, 0.15) is 17.9 Å². The lowest BCUT2D eigenvalue weighted by Crippen LogP contribution is -2.32. The highest BCUT2D eigenvalue weighted by Gasteiger charge is 2.19. The van der Waals surface area contributed by atoms with E-state index in [-0.39, 0.29) is 31.3 Å². The summed E-state index contributed by atoms with van der Waals surface area (Å²) in [5.41, 5.74) is 1.76. The van der Waals surface area contributed by atoms with E-state index in [1.807, 2.05) is 6.07 Å². The third-order valence-electron chi connectivity index (χ3n) is 5.38. The van der Waals surface area contributed by atoms with Gasteiger partial charge < -0.3 is 24.5 Å². The van der Waals surface area contributed by atoms with Crippen LogP contribution in [0.25, 0.3) is 16.8 Å². The minimum atomic E-state index is -0.472. The second-order valence-electron chi connectivity index (χ2n) is 7.48. The van der Waals surface area contributed by atoms with Crippen LogP contribution in [-0.4, -0.2) is 32.0 Å². The summed E-state index contributed by atoms with van der Waals surface area (Å²) in [6.07, 6.45) is 2.99. The molecule has 0 fully saturated rings. The zero-order valence-corrected chi connectivity index (χ0v) is 17.3. The van der Waals surface area contributed by atoms with Gasteiger partial charge in [-0.1, -0.05) is 6.07 Å². The van der Waals surface area contributed by atoms with Gasteiger partial charge >= 0.3 is 0 Å². The summed E-state index contributed by atoms with van der Waals surface area (Å²) in [5, 5.41) is 17.1. The fourth-order valence-corrected chi connectivity index (χ4v) is 3.73. The predicted molar refractivity (Wildman–Crippen MR) is 115 cm³/mol. The molecule has 0 bridgehead atoms. The van der Waals surface area contributed by atoms with E-state index in [4.69, 9.17) is 9.47 Å². The first-order valence-electron chi connectivity index (χ1n) is 10.2. The molecule has 5 rings (SSSR count). The maximum absolute atomic E-state index is 13.3. The number of rotatable bonds is 6. The highest BCUT2D eigenvalue weighted by Crippen LogP contribution is 2.32. The first kappa shape index (κ1) is 20.7. The smallest absolute Gasteiger partial charge is 0.277 e. The molecule has 168 valence electrons. The van der Waals surface area contributed by atoms with Crippen molar-refractivity contribution in [1.82, 2.24) is 19.5 Å². The van der Waals surface area contributed by atoms with Gasteiger partial charge in [-0.2, -0.15) is 5.10 Å². The molecule has 1 aliphatic heterocycles. The first-order valence-corrected chi connectivity index (χ1v) is 10.2. The van der Waals surface area contributed by atoms with Crippen molar-refractivity contribution in [2.75, 3.05) is 6.79 Å². The summed E-state index contributed by atoms with van der Waals surface area (Å²) in [5.74, 6) is 0.521. The van der Waals surface area contributed by atoms with E-state index in [0.717, 1.165) is 5.56 Å². The molecule has 0 unspecified atom stereocenters. The number of amides is 1. The van der Waals surface area contributed by atoms with Crippen LogP contribution in [0.1, 0.15) is 11.1 Å². The molecule has 0 saturated heterocycles. The van der Waals surface area contributed by atoms with E-state index in [1.54, 1.807) is 12.1 Å². The van der Waals surface area contributed by atoms with E-state index < -0.39 is 18.0 Å². The summed E-state index contributed by atoms with van der Waals surface area (Å²) >= 11 is 0. The Morgan fingerprint density at radius 2 is 1.91 bits per heavy atom. The zero-order chi connectivity index (χ0) is 22.9. The SMILES string of the molecule is O=C(Cn1ccn2nc(-c3ccc(F)cc3)c(CO)c2c1=O)NCc1ccc2c(c1)OCO2. The molecule has 1 amide bonds. The number of hydrogen-bond donors (Lipinski definition) is 2. The average Bonchev–Trinajstić information content (AvgIpc) is 3.44. The second-order valence-corrected chi connectivity index (χ2v) is 7.48. The molecule has 33 heavy (non-hydrogen) atoms. The normalized spacial score (nSPS) is 12.3. The van der Waals surface area contributed by atoms with Crippen LogP contribution in [0, 0.1) is 5.82 Å². The molecule has 3 heterocycles. The Bertz CT molecular complexity index is 1410. The van der Waals surface area contributed by atoms with Crippen molar-refractivity contribution in [3.05, 3.63) is 82.2 Å². The molecule has 0 atom stereocenters. The van der Waals surface area contributed by atoms with E-state index in [0.29, 0.717) is 28.3 Å². The minimum absolute atomic E-state index is 0.155. The van der Waals surface area contributed by atoms with Crippen LogP contribution in [0.2, 0.25) is 0 Å². The number of halogens is 1. The third-order valence-corrected chi connectivity index (χ3v) is 5.38. The molecule has 10 heteroatoms. The lowest BCUT2D eigenvalue weighted by molar-refractivity contribution is -0.121. The van der Waals surface area contributed by atoms with Crippen LogP contribution in [-0.2, 0) is 24.5 Å². The average molecular weight is 450 g/mol. The van der Waals surface area contributed by atoms with Gasteiger partial charge in [0.2, 0.25) is 12.7 Å². The summed E-state index contributed by atoms with van der Waals surface area (Å²) in [4.78, 5) is 25.6. The third kappa shape index (κ3) is 3.92. The number of aliphatic hydroxyl groups excluding tert-OH is 1. The summed E-state index contributed by atoms with van der Waals surface area (Å²) < 4.78 is 26.5. The molecule has 2 N–H and O–H groups in total. The van der Waals surface area contributed by atoms with Crippen LogP contribution in [0.4, 0.5) is 4.39 Å². The Labute approximate surface area is 186 Å². The van der Waals surface area contributed by atoms with Gasteiger partial charge in [-0.05, 0) is 42.0 Å². The Balaban J connectivity index is 1.37. The number of ether oxygens (including phenoxy) is 2. The molecule has 0 radical (unpaired) electrons. The Morgan fingerprint density at radius 1 is 1.12 bits per heavy atom. The lowest BCUT2D eigenvalue weighted by atomic mass is 10.1. The zero-order valence-electron chi connectivity index (χ0n) is 17.3. The molecule has 2 aromatic heterocycles. The van der Waals surface area contributed by atoms with E-state index in [1.165, 1.54) is 45.7 Å². The van der Waals surface area contributed by atoms with Crippen LogP contribution in [0.5, 0.6) is 11.5 Å². The number of aromatic nitrogens is 3. The van der Waals surface area contributed by atoms with Gasteiger partial charge in [-0.3, -0.25) is 9.59 Å². The van der Waals surface area contributed by atoms with Gasteiger partial charge in [0.15, 0.2) is 11.5 Å². The molecule has 0 aliphatic carbocycles. The maximum Gasteiger partial charge on any atom is 0.277 e. The predicted octanol–water partition coefficient (Wildman–Crippen LogP) is 1.84. The van der Waals surface area contributed by atoms with Crippen molar-refractivity contribution in [3.8, 4) is 22.8 Å². The van der Waals surface area contributed by atoms with Crippen LogP contribution in [0.15, 0.2) is 59.7 Å². The number of carbonyl (C=O) groups is 1. The van der Waals surface area contributed by atoms with E-state index in [2.05, 4.69) is 10.4 Å². The van der Waals surface area contributed by atoms with Gasteiger partial charge in [0, 0.05) is 30.1 Å². The van der Waals surface area contributed by atoms with Crippen molar-refractivity contribution in [3.63, 3.8) is 0 Å². The molecule has 0 spiro atoms. The molecule has 9 nitrogen and oxygen atoms in total. The number of aliphatic hydroxyl groups is 1. The Hall–Kier alpha value is -4.18. The number of benzene rings is 2. The molecule has 4 aromatic rings. The number of nitrogens with one attached hydrogen (secondary N) is 1. The van der Waals surface area contributed by atoms with Crippen molar-refractivity contribution in [2.24, 2.45) is 0 Å². The number of carbonyl (C=O) groups excluding carboxylic acids is 1. The Morgan fingerprint density at radius 3 is 2.70 bits per heavy atom. The van der Waals surface area contributed by atoms with Gasteiger partial charge in [-0.25, -0.2) is 8.91 Å². The quantitative estimate of drug-likeness (QED) is 0.464. The van der Waals surface area contributed by atoms with Crippen LogP contribution in [0.3, 0.4) is 0 Å². The fourth-order valence-electron chi connectivity index (χ4n) is 3.73. The second kappa shape index (κ2) is 8.40. The molecular weight excluding hydrogens is 431 g/mol. The van der Waals surface area contributed by atoms with Crippen molar-refractivity contribution >= 4 is 11.4 Å². The van der Waals surface area contributed by atoms with Gasteiger partial charge in [0.25, 0.3) is 5.56 Å². The largest absolute Gasteiger partial charge is 0.454 e. The van der Waals surface area contributed by atoms with Crippen molar-refractivity contribution in [1.29, 1.82) is 0 Å². The van der Waals surface area contributed by atoms with Crippen molar-refractivity contribution in [2.45, 2.75) is 19.7 Å². The van der Waals surface area contributed by atoms with E-state index in [9.17, 15) is 19.1 Å². The highest BCUT2D eigenvalue weighted by atomic mass is 19.1. The molecule has 2 aromatic carbocycles. The first-order chi connectivity index (χ1) is 16.0. The summed E-state index contributed by atoms with van der Waals surface area (Å²) in [6.45, 7) is -0.215. The molecular formula is C23H19FN4O5. The molecule has 0 saturated carbocycles. The Kier molecular flexibility index (Phi) is 5.27. The molecule has 1 aliphatic rings. The maximum atomic E-state index is 13.3. The van der Waals surface area contributed by atoms with E-state index >= 15 is 0 Å². The van der Waals surface area contributed by atoms with Crippen LogP contribution < -0.4 is 20.3 Å². The number of fused-ring (bicyclic) bond motifs is 2. The summed E-state index contributed by atoms with van der Waals surface area (Å²) in [6, 6.07) is 11.0. The number of nitrogens with zero attached hydrogens (tertiary/aromatic N) is 3. The summed E-state index contributed by atoms with van der Waals surface area (Å²) in [7, 11) is 0. The van der Waals surface area contributed by atoms with Gasteiger partial charge in [-0.15, -0.1) is 0 Å². The monoisotopic (exact) mass is 450 g/mol.